The lowest BCUT2D eigenvalue weighted by atomic mass is 9.33. The summed E-state index contributed by atoms with van der Waals surface area (Å²) in [4.78, 5) is 7.51. The number of nitrogens with zero attached hydrogens (tertiary/aromatic N) is 3. The van der Waals surface area contributed by atoms with Gasteiger partial charge in [0.1, 0.15) is 34.0 Å². The third-order valence-electron chi connectivity index (χ3n) is 18.7. The number of hydrogen-bond donors (Lipinski definition) is 0. The zero-order valence-electron chi connectivity index (χ0n) is 48.1. The molecule has 0 radical (unpaired) electrons. The highest BCUT2D eigenvalue weighted by Gasteiger charge is 2.45. The average molecular weight is 1120 g/mol. The fourth-order valence-corrected chi connectivity index (χ4v) is 14.6. The van der Waals surface area contributed by atoms with E-state index in [0.29, 0.717) is 0 Å². The molecule has 12 aromatic carbocycles. The summed E-state index contributed by atoms with van der Waals surface area (Å²) < 4.78 is 19.9. The Morgan fingerprint density at radius 2 is 0.931 bits per heavy atom. The van der Waals surface area contributed by atoms with Crippen LogP contribution in [0, 0.1) is 6.92 Å². The van der Waals surface area contributed by atoms with Gasteiger partial charge in [0.25, 0.3) is 6.71 Å². The van der Waals surface area contributed by atoms with Gasteiger partial charge >= 0.3 is 0 Å². The molecule has 3 aromatic heterocycles. The van der Waals surface area contributed by atoms with Gasteiger partial charge in [-0.3, -0.25) is 0 Å². The maximum Gasteiger partial charge on any atom is 0.252 e. The number of aryl methyl sites for hydroxylation is 1. The Balaban J connectivity index is 0.919. The van der Waals surface area contributed by atoms with Crippen molar-refractivity contribution in [3.05, 3.63) is 290 Å². The van der Waals surface area contributed by atoms with E-state index in [1.165, 1.54) is 55.0 Å². The highest BCUT2D eigenvalue weighted by Crippen LogP contribution is 2.55. The third-order valence-corrected chi connectivity index (χ3v) is 18.7. The zero-order valence-corrected chi connectivity index (χ0v) is 48.1. The van der Waals surface area contributed by atoms with Crippen molar-refractivity contribution in [1.82, 2.24) is 0 Å². The fraction of sp³-hybridized carbons (Fsp3) is 0.0500. The second kappa shape index (κ2) is 18.7. The predicted molar refractivity (Wildman–Crippen MR) is 361 cm³/mol. The van der Waals surface area contributed by atoms with E-state index in [4.69, 9.17) is 13.3 Å². The Morgan fingerprint density at radius 1 is 0.368 bits per heavy atom. The van der Waals surface area contributed by atoms with Gasteiger partial charge in [0.05, 0.1) is 5.69 Å². The summed E-state index contributed by atoms with van der Waals surface area (Å²) in [6, 6.07) is 99.4. The molecule has 0 saturated carbocycles. The van der Waals surface area contributed by atoms with E-state index in [9.17, 15) is 0 Å². The summed E-state index contributed by atoms with van der Waals surface area (Å²) in [6.45, 7) is 6.87. The molecule has 0 spiro atoms. The van der Waals surface area contributed by atoms with E-state index in [-0.39, 0.29) is 12.1 Å². The first kappa shape index (κ1) is 49.4. The van der Waals surface area contributed by atoms with Crippen LogP contribution in [0.15, 0.2) is 286 Å². The van der Waals surface area contributed by atoms with Crippen LogP contribution in [0.2, 0.25) is 0 Å². The number of furan rings is 3. The van der Waals surface area contributed by atoms with Gasteiger partial charge in [0.2, 0.25) is 0 Å². The van der Waals surface area contributed by atoms with Crippen LogP contribution in [0.25, 0.3) is 88.8 Å². The molecule has 18 rings (SSSR count). The topological polar surface area (TPSA) is 49.1 Å². The molecule has 15 aromatic rings. The molecule has 410 valence electrons. The molecular weight excluding hydrogens is 1060 g/mol. The van der Waals surface area contributed by atoms with Crippen molar-refractivity contribution < 1.29 is 13.3 Å². The summed E-state index contributed by atoms with van der Waals surface area (Å²) in [5, 5.41) is 5.73. The van der Waals surface area contributed by atoms with E-state index < -0.39 is 0 Å². The molecule has 3 aliphatic rings. The minimum Gasteiger partial charge on any atom is -0.456 e. The van der Waals surface area contributed by atoms with Gasteiger partial charge < -0.3 is 28.0 Å². The standard InChI is InChI=1S/C80H54BN3O3/c1-49-17-4-11-26-67(49)84-68-27-12-10-25-65(68)81-66-40-34-56(77-45-55-21-8-15-30-74(55)87-77)42-69(66)83(58-23-16-22-52(41-58)76-44-54-20-7-14-29-73(54)86-76)70-47-60(48-71(84)79(70)81)82(57-35-31-51(32-36-57)75-43-53-19-6-13-28-72(53)85-75)59-37-38-62-64(46-59)80(2,3)63-39-33-50-18-5-9-24-61(50)78(62)63/h4-48H,1-3H3. The number of hydrogen-bond acceptors (Lipinski definition) is 6. The van der Waals surface area contributed by atoms with Crippen molar-refractivity contribution >= 4 is 118 Å². The van der Waals surface area contributed by atoms with Crippen LogP contribution < -0.4 is 31.1 Å². The molecule has 0 unspecified atom stereocenters. The first-order valence-corrected chi connectivity index (χ1v) is 30.0. The summed E-state index contributed by atoms with van der Waals surface area (Å²) >= 11 is 0. The molecule has 7 heteroatoms. The van der Waals surface area contributed by atoms with Gasteiger partial charge in [-0.1, -0.05) is 172 Å². The number of para-hydroxylation sites is 5. The van der Waals surface area contributed by atoms with Gasteiger partial charge in [-0.15, -0.1) is 0 Å². The molecule has 0 atom stereocenters. The van der Waals surface area contributed by atoms with Gasteiger partial charge in [-0.25, -0.2) is 0 Å². The highest BCUT2D eigenvalue weighted by molar-refractivity contribution is 7.00. The van der Waals surface area contributed by atoms with E-state index in [0.717, 1.165) is 118 Å². The summed E-state index contributed by atoms with van der Waals surface area (Å²) in [5.41, 5.74) is 24.9. The average Bonchev–Trinajstić information content (AvgIpc) is 1.18. The Morgan fingerprint density at radius 3 is 1.62 bits per heavy atom. The molecule has 0 N–H and O–H groups in total. The number of rotatable bonds is 8. The van der Waals surface area contributed by atoms with Crippen molar-refractivity contribution in [2.45, 2.75) is 26.2 Å². The lowest BCUT2D eigenvalue weighted by molar-refractivity contribution is 0.631. The van der Waals surface area contributed by atoms with Crippen LogP contribution in [-0.4, -0.2) is 6.71 Å². The van der Waals surface area contributed by atoms with Crippen molar-refractivity contribution in [3.63, 3.8) is 0 Å². The van der Waals surface area contributed by atoms with E-state index >= 15 is 0 Å². The summed E-state index contributed by atoms with van der Waals surface area (Å²) in [5.74, 6) is 2.46. The maximum atomic E-state index is 6.71. The van der Waals surface area contributed by atoms with Crippen molar-refractivity contribution in [2.75, 3.05) is 14.7 Å². The number of anilines is 9. The van der Waals surface area contributed by atoms with Crippen LogP contribution >= 0.6 is 0 Å². The number of benzene rings is 12. The SMILES string of the molecule is Cc1ccccc1N1c2ccccc2B2c3ccc(-c4cc5ccccc5o4)cc3N(c3cccc(-c4cc5ccccc5o4)c3)c3cc(N(c4ccc(-c5cc6ccccc6o5)cc4)c4ccc5c(c4)C(C)(C)c4ccc6ccccc6c4-5)cc1c32. The van der Waals surface area contributed by atoms with Gasteiger partial charge in [-0.2, -0.15) is 0 Å². The van der Waals surface area contributed by atoms with Crippen LogP contribution in [0.5, 0.6) is 0 Å². The minimum atomic E-state index is -0.287. The van der Waals surface area contributed by atoms with E-state index in [1.807, 2.05) is 36.4 Å². The lowest BCUT2D eigenvalue weighted by Gasteiger charge is -2.45. The largest absolute Gasteiger partial charge is 0.456 e. The van der Waals surface area contributed by atoms with Crippen LogP contribution in [0.3, 0.4) is 0 Å². The smallest absolute Gasteiger partial charge is 0.252 e. The van der Waals surface area contributed by atoms with Gasteiger partial charge in [0, 0.05) is 83.8 Å². The molecule has 0 bridgehead atoms. The summed E-state index contributed by atoms with van der Waals surface area (Å²) in [7, 11) is 0. The quantitative estimate of drug-likeness (QED) is 0.141. The van der Waals surface area contributed by atoms with Gasteiger partial charge in [-0.05, 0) is 177 Å². The molecule has 0 saturated heterocycles. The third kappa shape index (κ3) is 7.55. The Labute approximate surface area is 504 Å². The molecule has 0 amide bonds. The Bertz CT molecular complexity index is 5240. The van der Waals surface area contributed by atoms with E-state index in [2.05, 4.69) is 272 Å². The monoisotopic (exact) mass is 1120 g/mol. The molecule has 6 nitrogen and oxygen atoms in total. The van der Waals surface area contributed by atoms with Crippen molar-refractivity contribution in [3.8, 4) is 45.1 Å². The first-order valence-electron chi connectivity index (χ1n) is 30.0. The Hall–Kier alpha value is -11.0. The molecule has 5 heterocycles. The van der Waals surface area contributed by atoms with E-state index in [1.54, 1.807) is 0 Å². The lowest BCUT2D eigenvalue weighted by Crippen LogP contribution is -2.61. The minimum absolute atomic E-state index is 0.138. The molecule has 1 aliphatic carbocycles. The second-order valence-electron chi connectivity index (χ2n) is 24.1. The zero-order chi connectivity index (χ0) is 57.6. The van der Waals surface area contributed by atoms with Crippen molar-refractivity contribution in [2.24, 2.45) is 0 Å². The molecule has 0 fully saturated rings. The van der Waals surface area contributed by atoms with Crippen molar-refractivity contribution in [1.29, 1.82) is 0 Å². The number of fused-ring (bicyclic) bond motifs is 12. The molecular formula is C80H54BN3O3. The van der Waals surface area contributed by atoms with Crippen LogP contribution in [-0.2, 0) is 5.41 Å². The molecule has 87 heavy (non-hydrogen) atoms. The second-order valence-corrected chi connectivity index (χ2v) is 24.1. The first-order chi connectivity index (χ1) is 42.8. The summed E-state index contributed by atoms with van der Waals surface area (Å²) in [6.07, 6.45) is 0. The maximum absolute atomic E-state index is 6.71. The van der Waals surface area contributed by atoms with Crippen LogP contribution in [0.4, 0.5) is 51.2 Å². The van der Waals surface area contributed by atoms with Crippen LogP contribution in [0.1, 0.15) is 30.5 Å². The predicted octanol–water partition coefficient (Wildman–Crippen LogP) is 20.2. The molecule has 2 aliphatic heterocycles. The fourth-order valence-electron chi connectivity index (χ4n) is 14.6. The highest BCUT2D eigenvalue weighted by atomic mass is 16.3. The van der Waals surface area contributed by atoms with Gasteiger partial charge in [0.15, 0.2) is 0 Å². The Kier molecular flexibility index (Phi) is 10.6. The normalized spacial score (nSPS) is 13.5.